The van der Waals surface area contributed by atoms with Gasteiger partial charge in [-0.05, 0) is 51.4 Å². The van der Waals surface area contributed by atoms with E-state index in [0.717, 1.165) is 96.3 Å². The number of carbonyl (C=O) groups is 3. The molecule has 0 aromatic rings. The van der Waals surface area contributed by atoms with Crippen molar-refractivity contribution in [2.75, 3.05) is 13.2 Å². The van der Waals surface area contributed by atoms with Gasteiger partial charge in [-0.3, -0.25) is 14.4 Å². The van der Waals surface area contributed by atoms with Gasteiger partial charge in [-0.15, -0.1) is 0 Å². The minimum atomic E-state index is -0.777. The zero-order valence-electron chi connectivity index (χ0n) is 49.9. The number of allylic oxidation sites excluding steroid dienone is 6. The maximum atomic E-state index is 12.9. The van der Waals surface area contributed by atoms with Gasteiger partial charge in [0.15, 0.2) is 6.10 Å². The van der Waals surface area contributed by atoms with Gasteiger partial charge in [0.1, 0.15) is 13.2 Å². The standard InChI is InChI=1S/C68H126O6/c1-4-7-10-13-16-19-22-25-27-28-29-30-31-32-33-34-35-36-37-38-39-40-42-43-46-49-52-55-58-61-67(70)73-64-65(63-72-66(69)60-57-54-51-48-45-24-21-18-15-12-9-6-3)74-68(71)62-59-56-53-50-47-44-41-26-23-20-17-14-11-8-5-2/h8,11,17,20,26,41,65H,4-7,9-10,12-16,18-19,21-25,27-40,42-64H2,1-3H3/b11-8-,20-17-,41-26-. The molecule has 0 saturated carbocycles. The van der Waals surface area contributed by atoms with Crippen LogP contribution in [0.2, 0.25) is 0 Å². The van der Waals surface area contributed by atoms with E-state index in [4.69, 9.17) is 14.2 Å². The molecule has 0 aliphatic carbocycles. The minimum absolute atomic E-state index is 0.0742. The van der Waals surface area contributed by atoms with Crippen molar-refractivity contribution < 1.29 is 28.6 Å². The van der Waals surface area contributed by atoms with Crippen LogP contribution in [0.4, 0.5) is 0 Å². The number of hydrogen-bond acceptors (Lipinski definition) is 6. The molecule has 0 rings (SSSR count). The van der Waals surface area contributed by atoms with E-state index < -0.39 is 6.10 Å². The van der Waals surface area contributed by atoms with E-state index >= 15 is 0 Å². The molecule has 0 N–H and O–H groups in total. The largest absolute Gasteiger partial charge is 0.462 e. The number of rotatable bonds is 61. The SMILES string of the molecule is CC/C=C\C/C=C\C/C=C\CCCCCCCC(=O)OC(COC(=O)CCCCCCCCCCCCCC)COC(=O)CCCCCCCCCCCCCCCCCCCCCCCCCCCCCCC. The Labute approximate surface area is 461 Å². The quantitative estimate of drug-likeness (QED) is 0.0261. The van der Waals surface area contributed by atoms with Gasteiger partial charge >= 0.3 is 17.9 Å². The Bertz CT molecular complexity index is 1240. The molecule has 74 heavy (non-hydrogen) atoms. The van der Waals surface area contributed by atoms with E-state index in [0.29, 0.717) is 19.3 Å². The molecule has 0 spiro atoms. The first kappa shape index (κ1) is 71.6. The lowest BCUT2D eigenvalue weighted by Crippen LogP contribution is -2.30. The van der Waals surface area contributed by atoms with Crippen molar-refractivity contribution in [2.45, 2.75) is 367 Å². The van der Waals surface area contributed by atoms with Crippen molar-refractivity contribution in [3.8, 4) is 0 Å². The number of unbranched alkanes of at least 4 members (excludes halogenated alkanes) is 44. The third-order valence-corrected chi connectivity index (χ3v) is 14.9. The lowest BCUT2D eigenvalue weighted by Gasteiger charge is -2.18. The molecule has 0 heterocycles. The van der Waals surface area contributed by atoms with E-state index in [1.807, 2.05) is 0 Å². The third kappa shape index (κ3) is 60.5. The van der Waals surface area contributed by atoms with E-state index in [2.05, 4.69) is 57.2 Å². The zero-order chi connectivity index (χ0) is 53.6. The molecular formula is C68H126O6. The topological polar surface area (TPSA) is 78.9 Å². The highest BCUT2D eigenvalue weighted by Gasteiger charge is 2.19. The van der Waals surface area contributed by atoms with Crippen LogP contribution in [-0.2, 0) is 28.6 Å². The average Bonchev–Trinajstić information content (AvgIpc) is 3.40. The van der Waals surface area contributed by atoms with Crippen LogP contribution in [0.15, 0.2) is 36.5 Å². The number of ether oxygens (including phenoxy) is 3. The lowest BCUT2D eigenvalue weighted by molar-refractivity contribution is -0.167. The van der Waals surface area contributed by atoms with E-state index in [-0.39, 0.29) is 31.1 Å². The fourth-order valence-corrected chi connectivity index (χ4v) is 9.99. The van der Waals surface area contributed by atoms with Crippen molar-refractivity contribution in [1.82, 2.24) is 0 Å². The molecule has 434 valence electrons. The molecule has 0 saturated heterocycles. The Hall–Kier alpha value is -2.37. The Kier molecular flexibility index (Phi) is 61.1. The number of esters is 3. The summed E-state index contributed by atoms with van der Waals surface area (Å²) in [7, 11) is 0. The molecule has 0 bridgehead atoms. The molecular weight excluding hydrogens is 913 g/mol. The van der Waals surface area contributed by atoms with Gasteiger partial charge in [0.05, 0.1) is 0 Å². The number of hydrogen-bond donors (Lipinski definition) is 0. The maximum Gasteiger partial charge on any atom is 0.306 e. The summed E-state index contributed by atoms with van der Waals surface area (Å²) in [5.74, 6) is -0.869. The summed E-state index contributed by atoms with van der Waals surface area (Å²) in [5.41, 5.74) is 0. The maximum absolute atomic E-state index is 12.9. The second-order valence-electron chi connectivity index (χ2n) is 22.4. The summed E-state index contributed by atoms with van der Waals surface area (Å²) in [6, 6.07) is 0. The van der Waals surface area contributed by atoms with Gasteiger partial charge in [0.25, 0.3) is 0 Å². The van der Waals surface area contributed by atoms with Crippen molar-refractivity contribution in [2.24, 2.45) is 0 Å². The molecule has 0 amide bonds. The molecule has 0 aromatic heterocycles. The Morgan fingerprint density at radius 1 is 0.284 bits per heavy atom. The highest BCUT2D eigenvalue weighted by Crippen LogP contribution is 2.18. The molecule has 0 aromatic carbocycles. The zero-order valence-corrected chi connectivity index (χ0v) is 49.9. The van der Waals surface area contributed by atoms with Gasteiger partial charge in [-0.25, -0.2) is 0 Å². The van der Waals surface area contributed by atoms with Crippen molar-refractivity contribution in [1.29, 1.82) is 0 Å². The predicted octanol–water partition coefficient (Wildman–Crippen LogP) is 22.4. The normalized spacial score (nSPS) is 12.2. The monoisotopic (exact) mass is 1040 g/mol. The molecule has 0 fully saturated rings. The highest BCUT2D eigenvalue weighted by atomic mass is 16.6. The third-order valence-electron chi connectivity index (χ3n) is 14.9. The van der Waals surface area contributed by atoms with Crippen LogP contribution in [0.1, 0.15) is 361 Å². The summed E-state index contributed by atoms with van der Waals surface area (Å²) in [4.78, 5) is 38.2. The first-order chi connectivity index (χ1) is 36.5. The van der Waals surface area contributed by atoms with Gasteiger partial charge in [0.2, 0.25) is 0 Å². The summed E-state index contributed by atoms with van der Waals surface area (Å²) in [5, 5.41) is 0. The predicted molar refractivity (Wildman–Crippen MR) is 321 cm³/mol. The van der Waals surface area contributed by atoms with Crippen molar-refractivity contribution in [3.05, 3.63) is 36.5 Å². The van der Waals surface area contributed by atoms with Crippen molar-refractivity contribution >= 4 is 17.9 Å². The molecule has 0 aliphatic rings. The van der Waals surface area contributed by atoms with Gasteiger partial charge in [-0.2, -0.15) is 0 Å². The van der Waals surface area contributed by atoms with E-state index in [1.165, 1.54) is 225 Å². The Morgan fingerprint density at radius 3 is 0.824 bits per heavy atom. The molecule has 0 aliphatic heterocycles. The van der Waals surface area contributed by atoms with Crippen molar-refractivity contribution in [3.63, 3.8) is 0 Å². The fraction of sp³-hybridized carbons (Fsp3) is 0.868. The molecule has 1 atom stereocenters. The van der Waals surface area contributed by atoms with Crippen LogP contribution in [0, 0.1) is 0 Å². The van der Waals surface area contributed by atoms with Crippen LogP contribution in [-0.4, -0.2) is 37.2 Å². The van der Waals surface area contributed by atoms with Crippen LogP contribution in [0.3, 0.4) is 0 Å². The second kappa shape index (κ2) is 63.2. The van der Waals surface area contributed by atoms with Crippen LogP contribution >= 0.6 is 0 Å². The van der Waals surface area contributed by atoms with Crippen LogP contribution in [0.5, 0.6) is 0 Å². The van der Waals surface area contributed by atoms with Crippen LogP contribution < -0.4 is 0 Å². The van der Waals surface area contributed by atoms with Gasteiger partial charge in [-0.1, -0.05) is 327 Å². The highest BCUT2D eigenvalue weighted by molar-refractivity contribution is 5.71. The average molecular weight is 1040 g/mol. The first-order valence-electron chi connectivity index (χ1n) is 33.0. The molecule has 1 unspecified atom stereocenters. The summed E-state index contributed by atoms with van der Waals surface area (Å²) < 4.78 is 16.9. The molecule has 6 heteroatoms. The second-order valence-corrected chi connectivity index (χ2v) is 22.4. The van der Waals surface area contributed by atoms with Gasteiger partial charge < -0.3 is 14.2 Å². The smallest absolute Gasteiger partial charge is 0.306 e. The summed E-state index contributed by atoms with van der Waals surface area (Å²) in [6.07, 6.45) is 77.5. The van der Waals surface area contributed by atoms with E-state index in [9.17, 15) is 14.4 Å². The van der Waals surface area contributed by atoms with Gasteiger partial charge in [0, 0.05) is 19.3 Å². The summed E-state index contributed by atoms with van der Waals surface area (Å²) in [6.45, 7) is 6.57. The minimum Gasteiger partial charge on any atom is -0.462 e. The Balaban J connectivity index is 4.13. The van der Waals surface area contributed by atoms with Crippen LogP contribution in [0.25, 0.3) is 0 Å². The Morgan fingerprint density at radius 2 is 0.527 bits per heavy atom. The number of carbonyl (C=O) groups excluding carboxylic acids is 3. The fourth-order valence-electron chi connectivity index (χ4n) is 9.99. The molecule has 0 radical (unpaired) electrons. The molecule has 6 nitrogen and oxygen atoms in total. The lowest BCUT2D eigenvalue weighted by atomic mass is 10.0. The summed E-state index contributed by atoms with van der Waals surface area (Å²) >= 11 is 0. The van der Waals surface area contributed by atoms with E-state index in [1.54, 1.807) is 0 Å². The first-order valence-corrected chi connectivity index (χ1v) is 33.0.